The minimum atomic E-state index is -0.571. The van der Waals surface area contributed by atoms with Gasteiger partial charge in [0, 0.05) is 49.9 Å². The molecule has 2 unspecified atom stereocenters. The highest BCUT2D eigenvalue weighted by atomic mass is 19.1. The molecule has 0 radical (unpaired) electrons. The van der Waals surface area contributed by atoms with Crippen LogP contribution in [0.3, 0.4) is 0 Å². The number of benzene rings is 1. The van der Waals surface area contributed by atoms with Gasteiger partial charge in [0.05, 0.1) is 0 Å². The van der Waals surface area contributed by atoms with Crippen molar-refractivity contribution in [1.29, 1.82) is 0 Å². The van der Waals surface area contributed by atoms with Crippen molar-refractivity contribution in [3.05, 3.63) is 35.4 Å². The Hall–Kier alpha value is -1.04. The SMILES string of the molecule is CC(C(N)c1ccc(F)cc1F)N1CCNCC1. The Labute approximate surface area is 106 Å². The molecule has 5 heteroatoms. The number of hydrogen-bond acceptors (Lipinski definition) is 3. The lowest BCUT2D eigenvalue weighted by molar-refractivity contribution is 0.162. The highest BCUT2D eigenvalue weighted by Crippen LogP contribution is 2.22. The zero-order valence-corrected chi connectivity index (χ0v) is 10.5. The first-order valence-corrected chi connectivity index (χ1v) is 6.25. The monoisotopic (exact) mass is 255 g/mol. The fourth-order valence-electron chi connectivity index (χ4n) is 2.35. The second-order valence-electron chi connectivity index (χ2n) is 4.72. The first-order chi connectivity index (χ1) is 8.59. The maximum Gasteiger partial charge on any atom is 0.130 e. The average Bonchev–Trinajstić information content (AvgIpc) is 2.38. The molecule has 3 nitrogen and oxygen atoms in total. The second-order valence-corrected chi connectivity index (χ2v) is 4.72. The standard InChI is InChI=1S/C13H19F2N3/c1-9(18-6-4-17-5-7-18)13(16)11-3-2-10(14)8-12(11)15/h2-3,8-9,13,17H,4-7,16H2,1H3. The van der Waals surface area contributed by atoms with E-state index < -0.39 is 17.7 Å². The normalized spacial score (nSPS) is 20.7. The summed E-state index contributed by atoms with van der Waals surface area (Å²) in [4.78, 5) is 2.23. The summed E-state index contributed by atoms with van der Waals surface area (Å²) in [5, 5.41) is 3.26. The van der Waals surface area contributed by atoms with Crippen LogP contribution >= 0.6 is 0 Å². The van der Waals surface area contributed by atoms with Crippen molar-refractivity contribution in [3.8, 4) is 0 Å². The largest absolute Gasteiger partial charge is 0.323 e. The Morgan fingerprint density at radius 2 is 1.94 bits per heavy atom. The van der Waals surface area contributed by atoms with Crippen LogP contribution in [0, 0.1) is 11.6 Å². The van der Waals surface area contributed by atoms with Gasteiger partial charge in [-0.1, -0.05) is 6.07 Å². The quantitative estimate of drug-likeness (QED) is 0.854. The van der Waals surface area contributed by atoms with Crippen molar-refractivity contribution >= 4 is 0 Å². The second kappa shape index (κ2) is 5.73. The van der Waals surface area contributed by atoms with Gasteiger partial charge in [-0.05, 0) is 13.0 Å². The number of rotatable bonds is 3. The van der Waals surface area contributed by atoms with E-state index in [1.807, 2.05) is 6.92 Å². The molecule has 1 aromatic carbocycles. The van der Waals surface area contributed by atoms with E-state index in [2.05, 4.69) is 10.2 Å². The van der Waals surface area contributed by atoms with Crippen LogP contribution in [0.15, 0.2) is 18.2 Å². The van der Waals surface area contributed by atoms with Crippen LogP contribution in [0.2, 0.25) is 0 Å². The van der Waals surface area contributed by atoms with Gasteiger partial charge in [0.1, 0.15) is 11.6 Å². The van der Waals surface area contributed by atoms with E-state index in [0.29, 0.717) is 5.56 Å². The van der Waals surface area contributed by atoms with Gasteiger partial charge in [-0.15, -0.1) is 0 Å². The van der Waals surface area contributed by atoms with Crippen molar-refractivity contribution in [2.75, 3.05) is 26.2 Å². The maximum absolute atomic E-state index is 13.7. The van der Waals surface area contributed by atoms with Crippen LogP contribution in [0.5, 0.6) is 0 Å². The molecule has 1 aliphatic heterocycles. The molecule has 2 rings (SSSR count). The molecule has 0 amide bonds. The molecule has 0 spiro atoms. The lowest BCUT2D eigenvalue weighted by Gasteiger charge is -2.36. The van der Waals surface area contributed by atoms with E-state index in [-0.39, 0.29) is 6.04 Å². The van der Waals surface area contributed by atoms with Crippen LogP contribution in [-0.2, 0) is 0 Å². The number of halogens is 2. The molecule has 1 aromatic rings. The Bertz CT molecular complexity index is 405. The van der Waals surface area contributed by atoms with Crippen LogP contribution in [0.4, 0.5) is 8.78 Å². The molecule has 1 aliphatic rings. The van der Waals surface area contributed by atoms with Gasteiger partial charge in [-0.2, -0.15) is 0 Å². The molecule has 3 N–H and O–H groups in total. The van der Waals surface area contributed by atoms with Crippen molar-refractivity contribution < 1.29 is 8.78 Å². The fourth-order valence-corrected chi connectivity index (χ4v) is 2.35. The molecule has 0 bridgehead atoms. The van der Waals surface area contributed by atoms with Gasteiger partial charge in [-0.25, -0.2) is 8.78 Å². The molecular weight excluding hydrogens is 236 g/mol. The van der Waals surface area contributed by atoms with Gasteiger partial charge in [0.2, 0.25) is 0 Å². The fraction of sp³-hybridized carbons (Fsp3) is 0.538. The van der Waals surface area contributed by atoms with E-state index in [1.54, 1.807) is 0 Å². The van der Waals surface area contributed by atoms with Crippen LogP contribution in [0.1, 0.15) is 18.5 Å². The summed E-state index contributed by atoms with van der Waals surface area (Å²) in [6.45, 7) is 5.63. The Balaban J connectivity index is 2.11. The first kappa shape index (κ1) is 13.4. The van der Waals surface area contributed by atoms with Gasteiger partial charge >= 0.3 is 0 Å². The van der Waals surface area contributed by atoms with Gasteiger partial charge < -0.3 is 11.1 Å². The molecule has 2 atom stereocenters. The lowest BCUT2D eigenvalue weighted by atomic mass is 9.99. The predicted molar refractivity (Wildman–Crippen MR) is 67.2 cm³/mol. The smallest absolute Gasteiger partial charge is 0.130 e. The van der Waals surface area contributed by atoms with E-state index in [1.165, 1.54) is 12.1 Å². The zero-order valence-electron chi connectivity index (χ0n) is 10.5. The van der Waals surface area contributed by atoms with Gasteiger partial charge in [0.25, 0.3) is 0 Å². The average molecular weight is 255 g/mol. The maximum atomic E-state index is 13.7. The number of nitrogens with one attached hydrogen (secondary N) is 1. The summed E-state index contributed by atoms with van der Waals surface area (Å²) >= 11 is 0. The van der Waals surface area contributed by atoms with Crippen molar-refractivity contribution in [2.45, 2.75) is 19.0 Å². The number of nitrogens with zero attached hydrogens (tertiary/aromatic N) is 1. The third-order valence-corrected chi connectivity index (χ3v) is 3.57. The molecule has 1 fully saturated rings. The highest BCUT2D eigenvalue weighted by molar-refractivity contribution is 5.23. The van der Waals surface area contributed by atoms with E-state index in [4.69, 9.17) is 5.73 Å². The Morgan fingerprint density at radius 3 is 2.56 bits per heavy atom. The Kier molecular flexibility index (Phi) is 4.27. The summed E-state index contributed by atoms with van der Waals surface area (Å²) < 4.78 is 26.5. The number of piperazine rings is 1. The lowest BCUT2D eigenvalue weighted by Crippen LogP contribution is -2.50. The first-order valence-electron chi connectivity index (χ1n) is 6.25. The summed E-state index contributed by atoms with van der Waals surface area (Å²) in [7, 11) is 0. The molecule has 0 aromatic heterocycles. The summed E-state index contributed by atoms with van der Waals surface area (Å²) in [6.07, 6.45) is 0. The minimum Gasteiger partial charge on any atom is -0.323 e. The zero-order chi connectivity index (χ0) is 13.1. The van der Waals surface area contributed by atoms with Crippen molar-refractivity contribution in [1.82, 2.24) is 10.2 Å². The topological polar surface area (TPSA) is 41.3 Å². The van der Waals surface area contributed by atoms with E-state index >= 15 is 0 Å². The number of hydrogen-bond donors (Lipinski definition) is 2. The highest BCUT2D eigenvalue weighted by Gasteiger charge is 2.25. The molecule has 100 valence electrons. The van der Waals surface area contributed by atoms with E-state index in [9.17, 15) is 8.78 Å². The summed E-state index contributed by atoms with van der Waals surface area (Å²) in [5.74, 6) is -1.14. The van der Waals surface area contributed by atoms with Crippen molar-refractivity contribution in [2.24, 2.45) is 5.73 Å². The number of nitrogens with two attached hydrogens (primary N) is 1. The molecular formula is C13H19F2N3. The third kappa shape index (κ3) is 2.85. The van der Waals surface area contributed by atoms with Crippen LogP contribution in [0.25, 0.3) is 0 Å². The molecule has 1 heterocycles. The molecule has 18 heavy (non-hydrogen) atoms. The summed E-state index contributed by atoms with van der Waals surface area (Å²) in [5.41, 5.74) is 6.47. The predicted octanol–water partition coefficient (Wildman–Crippen LogP) is 1.26. The van der Waals surface area contributed by atoms with Crippen LogP contribution < -0.4 is 11.1 Å². The molecule has 0 saturated carbocycles. The van der Waals surface area contributed by atoms with Crippen molar-refractivity contribution in [3.63, 3.8) is 0 Å². The molecule has 0 aliphatic carbocycles. The molecule has 1 saturated heterocycles. The summed E-state index contributed by atoms with van der Waals surface area (Å²) in [6, 6.07) is 3.17. The van der Waals surface area contributed by atoms with E-state index in [0.717, 1.165) is 32.2 Å². The van der Waals surface area contributed by atoms with Gasteiger partial charge in [0.15, 0.2) is 0 Å². The van der Waals surface area contributed by atoms with Gasteiger partial charge in [-0.3, -0.25) is 4.90 Å². The third-order valence-electron chi connectivity index (χ3n) is 3.57. The minimum absolute atomic E-state index is 0.0343. The Morgan fingerprint density at radius 1 is 1.28 bits per heavy atom. The van der Waals surface area contributed by atoms with Crippen LogP contribution in [-0.4, -0.2) is 37.1 Å².